The van der Waals surface area contributed by atoms with Gasteiger partial charge >= 0.3 is 5.97 Å². The molecule has 12 nitrogen and oxygen atoms in total. The number of guanidine groups is 1. The summed E-state index contributed by atoms with van der Waals surface area (Å²) in [5.41, 5.74) is 5.62. The van der Waals surface area contributed by atoms with Crippen molar-refractivity contribution >= 4 is 44.5 Å². The molecule has 0 aromatic heterocycles. The van der Waals surface area contributed by atoms with Gasteiger partial charge < -0.3 is 25.6 Å². The average molecular weight is 603 g/mol. The number of nitrogens with zero attached hydrogens (tertiary/aromatic N) is 2. The van der Waals surface area contributed by atoms with E-state index in [-0.39, 0.29) is 29.2 Å². The highest BCUT2D eigenvalue weighted by Gasteiger charge is 2.37. The standard InChI is InChI=1S/C29H42N6O6S/c1-5-19(2)26(28(38)41-4)34(3)27(37)24(16-25(36)32-17-20-9-8-14-35(18-20)29(30)31)33-42(39,40)23-13-12-21-10-6-7-11-22(21)15-23/h6-7,10-13,15,19-20,24,26,33H,5,8-9,14,16-18H2,1-4H3,(H3,30,31)(H,32,36)/t19-,20-,24-,26-/m0/s1. The first-order chi connectivity index (χ1) is 19.9. The smallest absolute Gasteiger partial charge is 0.328 e. The Morgan fingerprint density at radius 1 is 1.19 bits per heavy atom. The molecule has 230 valence electrons. The van der Waals surface area contributed by atoms with Crippen molar-refractivity contribution in [1.29, 1.82) is 5.41 Å². The molecule has 0 radical (unpaired) electrons. The molecule has 0 saturated carbocycles. The fourth-order valence-electron chi connectivity index (χ4n) is 5.23. The van der Waals surface area contributed by atoms with Crippen LogP contribution >= 0.6 is 0 Å². The molecule has 1 saturated heterocycles. The lowest BCUT2D eigenvalue weighted by Crippen LogP contribution is -2.55. The van der Waals surface area contributed by atoms with Crippen LogP contribution in [0.2, 0.25) is 0 Å². The Kier molecular flexibility index (Phi) is 11.3. The normalized spacial score (nSPS) is 17.6. The van der Waals surface area contributed by atoms with Crippen LogP contribution in [0.5, 0.6) is 0 Å². The Labute approximate surface area is 247 Å². The first-order valence-electron chi connectivity index (χ1n) is 14.1. The third kappa shape index (κ3) is 8.19. The number of hydrogen-bond donors (Lipinski definition) is 4. The van der Waals surface area contributed by atoms with E-state index in [2.05, 4.69) is 10.0 Å². The zero-order valence-electron chi connectivity index (χ0n) is 24.6. The van der Waals surface area contributed by atoms with Crippen LogP contribution in [0.4, 0.5) is 0 Å². The summed E-state index contributed by atoms with van der Waals surface area (Å²) in [6, 6.07) is 9.44. The fraction of sp³-hybridized carbons (Fsp3) is 0.517. The third-order valence-corrected chi connectivity index (χ3v) is 9.32. The van der Waals surface area contributed by atoms with Gasteiger partial charge in [0.25, 0.3) is 0 Å². The lowest BCUT2D eigenvalue weighted by molar-refractivity contribution is -0.154. The first kappa shape index (κ1) is 32.8. The quantitative estimate of drug-likeness (QED) is 0.161. The average Bonchev–Trinajstić information content (AvgIpc) is 2.98. The number of esters is 1. The van der Waals surface area contributed by atoms with Crippen LogP contribution < -0.4 is 15.8 Å². The number of nitrogens with one attached hydrogen (secondary N) is 3. The van der Waals surface area contributed by atoms with Crippen molar-refractivity contribution in [2.45, 2.75) is 56.5 Å². The highest BCUT2D eigenvalue weighted by Crippen LogP contribution is 2.21. The molecule has 2 aromatic carbocycles. The van der Waals surface area contributed by atoms with Crippen LogP contribution in [0, 0.1) is 17.2 Å². The van der Waals surface area contributed by atoms with Crippen LogP contribution in [-0.4, -0.2) is 87.8 Å². The Hall–Kier alpha value is -3.71. The van der Waals surface area contributed by atoms with E-state index in [9.17, 15) is 22.8 Å². The van der Waals surface area contributed by atoms with Crippen molar-refractivity contribution in [2.24, 2.45) is 17.6 Å². The van der Waals surface area contributed by atoms with Crippen molar-refractivity contribution < 1.29 is 27.5 Å². The predicted molar refractivity (Wildman–Crippen MR) is 160 cm³/mol. The summed E-state index contributed by atoms with van der Waals surface area (Å²) in [5.74, 6) is -2.15. The molecular formula is C29H42N6O6S. The topological polar surface area (TPSA) is 175 Å². The minimum absolute atomic E-state index is 0.0238. The Bertz CT molecular complexity index is 1400. The van der Waals surface area contributed by atoms with Gasteiger partial charge in [-0.15, -0.1) is 0 Å². The molecule has 5 N–H and O–H groups in total. The van der Waals surface area contributed by atoms with Gasteiger partial charge in [0, 0.05) is 26.7 Å². The van der Waals surface area contributed by atoms with E-state index >= 15 is 0 Å². The largest absolute Gasteiger partial charge is 0.467 e. The lowest BCUT2D eigenvalue weighted by Gasteiger charge is -2.33. The van der Waals surface area contributed by atoms with Gasteiger partial charge in [0.05, 0.1) is 18.4 Å². The summed E-state index contributed by atoms with van der Waals surface area (Å²) in [6.07, 6.45) is 1.74. The number of amides is 2. The molecule has 13 heteroatoms. The molecule has 1 heterocycles. The van der Waals surface area contributed by atoms with Gasteiger partial charge in [0.2, 0.25) is 21.8 Å². The fourth-order valence-corrected chi connectivity index (χ4v) is 6.46. The van der Waals surface area contributed by atoms with E-state index in [4.69, 9.17) is 15.9 Å². The minimum atomic E-state index is -4.24. The van der Waals surface area contributed by atoms with Gasteiger partial charge in [0.1, 0.15) is 12.1 Å². The van der Waals surface area contributed by atoms with Crippen LogP contribution in [-0.2, 0) is 29.1 Å². The molecule has 2 amide bonds. The predicted octanol–water partition coefficient (Wildman–Crippen LogP) is 1.64. The number of carbonyl (C=O) groups is 3. The molecule has 0 unspecified atom stereocenters. The van der Waals surface area contributed by atoms with Crippen molar-refractivity contribution in [2.75, 3.05) is 33.8 Å². The zero-order valence-corrected chi connectivity index (χ0v) is 25.4. The monoisotopic (exact) mass is 602 g/mol. The van der Waals surface area contributed by atoms with E-state index in [1.54, 1.807) is 30.0 Å². The number of sulfonamides is 1. The molecule has 1 aliphatic heterocycles. The molecule has 1 aliphatic rings. The molecule has 0 bridgehead atoms. The van der Waals surface area contributed by atoms with Gasteiger partial charge in [-0.2, -0.15) is 4.72 Å². The van der Waals surface area contributed by atoms with Crippen molar-refractivity contribution in [1.82, 2.24) is 19.8 Å². The Balaban J connectivity index is 1.84. The number of rotatable bonds is 12. The lowest BCUT2D eigenvalue weighted by atomic mass is 9.97. The molecule has 42 heavy (non-hydrogen) atoms. The SMILES string of the molecule is CC[C@H](C)[C@@H](C(=O)OC)N(C)C(=O)[C@H](CC(=O)NC[C@@H]1CCCN(C(=N)N)C1)NS(=O)(=O)c1ccc2ccccc2c1. The number of likely N-dealkylation sites (tertiary alicyclic amines) is 1. The number of likely N-dealkylation sites (N-methyl/N-ethyl adjacent to an activating group) is 1. The van der Waals surface area contributed by atoms with Gasteiger partial charge in [-0.1, -0.05) is 50.6 Å². The van der Waals surface area contributed by atoms with Crippen LogP contribution in [0.3, 0.4) is 0 Å². The maximum absolute atomic E-state index is 13.8. The van der Waals surface area contributed by atoms with Crippen molar-refractivity contribution in [3.8, 4) is 0 Å². The van der Waals surface area contributed by atoms with Gasteiger partial charge in [-0.3, -0.25) is 15.0 Å². The van der Waals surface area contributed by atoms with Gasteiger partial charge in [-0.05, 0) is 47.6 Å². The van der Waals surface area contributed by atoms with Gasteiger partial charge in [-0.25, -0.2) is 13.2 Å². The number of nitrogens with two attached hydrogens (primary N) is 1. The van der Waals surface area contributed by atoms with E-state index in [0.717, 1.165) is 23.1 Å². The van der Waals surface area contributed by atoms with E-state index in [0.29, 0.717) is 24.9 Å². The molecule has 4 atom stereocenters. The van der Waals surface area contributed by atoms with Gasteiger partial charge in [0.15, 0.2) is 5.96 Å². The number of fused-ring (bicyclic) bond motifs is 1. The van der Waals surface area contributed by atoms with Crippen LogP contribution in [0.15, 0.2) is 47.4 Å². The van der Waals surface area contributed by atoms with Crippen LogP contribution in [0.25, 0.3) is 10.8 Å². The number of ether oxygens (including phenoxy) is 1. The Morgan fingerprint density at radius 2 is 1.88 bits per heavy atom. The number of methoxy groups -OCH3 is 1. The van der Waals surface area contributed by atoms with Crippen molar-refractivity contribution in [3.63, 3.8) is 0 Å². The second-order valence-corrected chi connectivity index (χ2v) is 12.5. The highest BCUT2D eigenvalue weighted by molar-refractivity contribution is 7.89. The third-order valence-electron chi connectivity index (χ3n) is 7.85. The maximum Gasteiger partial charge on any atom is 0.328 e. The molecule has 0 spiro atoms. The summed E-state index contributed by atoms with van der Waals surface area (Å²) >= 11 is 0. The minimum Gasteiger partial charge on any atom is -0.467 e. The maximum atomic E-state index is 13.8. The highest BCUT2D eigenvalue weighted by atomic mass is 32.2. The second-order valence-electron chi connectivity index (χ2n) is 10.8. The summed E-state index contributed by atoms with van der Waals surface area (Å²) in [6.45, 7) is 5.14. The summed E-state index contributed by atoms with van der Waals surface area (Å²) in [7, 11) is -1.61. The number of hydrogen-bond acceptors (Lipinski definition) is 7. The summed E-state index contributed by atoms with van der Waals surface area (Å²) in [5, 5.41) is 12.0. The first-order valence-corrected chi connectivity index (χ1v) is 15.6. The summed E-state index contributed by atoms with van der Waals surface area (Å²) in [4.78, 5) is 42.3. The number of benzene rings is 2. The molecule has 3 rings (SSSR count). The number of carbonyl (C=O) groups excluding carboxylic acids is 3. The second kappa shape index (κ2) is 14.5. The van der Waals surface area contributed by atoms with E-state index < -0.39 is 46.3 Å². The summed E-state index contributed by atoms with van der Waals surface area (Å²) < 4.78 is 34.4. The van der Waals surface area contributed by atoms with Crippen molar-refractivity contribution in [3.05, 3.63) is 42.5 Å². The van der Waals surface area contributed by atoms with Crippen LogP contribution in [0.1, 0.15) is 39.5 Å². The van der Waals surface area contributed by atoms with E-state index in [1.165, 1.54) is 26.3 Å². The molecule has 0 aliphatic carbocycles. The van der Waals surface area contributed by atoms with E-state index in [1.807, 2.05) is 19.1 Å². The molecule has 1 fully saturated rings. The molecular weight excluding hydrogens is 560 g/mol. The molecule has 2 aromatic rings. The number of piperidine rings is 1. The Morgan fingerprint density at radius 3 is 2.52 bits per heavy atom. The zero-order chi connectivity index (χ0) is 31.0.